The van der Waals surface area contributed by atoms with E-state index in [-0.39, 0.29) is 0 Å². The van der Waals surface area contributed by atoms with Crippen LogP contribution in [-0.4, -0.2) is 17.0 Å². The van der Waals surface area contributed by atoms with Crippen molar-refractivity contribution in [3.63, 3.8) is 0 Å². The highest BCUT2D eigenvalue weighted by atomic mass is 32.2. The van der Waals surface area contributed by atoms with Crippen LogP contribution in [0.5, 0.6) is 0 Å². The smallest absolute Gasteiger partial charge is 0.132 e. The molecule has 0 saturated carbocycles. The van der Waals surface area contributed by atoms with Crippen molar-refractivity contribution < 1.29 is 0 Å². The van der Waals surface area contributed by atoms with Crippen LogP contribution in [-0.2, 0) is 6.42 Å². The van der Waals surface area contributed by atoms with E-state index in [1.54, 1.807) is 11.8 Å². The number of hydrogen-bond donors (Lipinski definition) is 1. The van der Waals surface area contributed by atoms with Gasteiger partial charge in [0.15, 0.2) is 0 Å². The van der Waals surface area contributed by atoms with Crippen LogP contribution in [0.15, 0.2) is 34.2 Å². The van der Waals surface area contributed by atoms with E-state index in [9.17, 15) is 0 Å². The lowest BCUT2D eigenvalue weighted by Crippen LogP contribution is -2.01. The summed E-state index contributed by atoms with van der Waals surface area (Å²) in [7, 11) is 1.89. The van der Waals surface area contributed by atoms with Crippen molar-refractivity contribution in [2.45, 2.75) is 43.5 Å². The van der Waals surface area contributed by atoms with E-state index in [0.717, 1.165) is 29.5 Å². The maximum absolute atomic E-state index is 4.63. The van der Waals surface area contributed by atoms with Gasteiger partial charge in [-0.15, -0.1) is 0 Å². The summed E-state index contributed by atoms with van der Waals surface area (Å²) in [6.45, 7) is 6.42. The molecule has 2 rings (SSSR count). The minimum atomic E-state index is 0.884. The lowest BCUT2D eigenvalue weighted by Gasteiger charge is -2.08. The standard InChI is InChI=1S/C16H21N3S/c1-5-6-14-18-15(17-4)10-16(19-14)20-13-8-7-11(2)12(3)9-13/h7-10H,5-6H2,1-4H3,(H,17,18,19). The molecule has 0 amide bonds. The van der Waals surface area contributed by atoms with Crippen molar-refractivity contribution in [2.24, 2.45) is 0 Å². The third kappa shape index (κ3) is 3.73. The minimum absolute atomic E-state index is 0.884. The number of nitrogens with one attached hydrogen (secondary N) is 1. The van der Waals surface area contributed by atoms with E-state index in [1.807, 2.05) is 13.1 Å². The molecule has 0 aliphatic carbocycles. The molecule has 106 valence electrons. The van der Waals surface area contributed by atoms with Crippen LogP contribution in [0.25, 0.3) is 0 Å². The Balaban J connectivity index is 2.27. The second-order valence-corrected chi connectivity index (χ2v) is 5.95. The number of rotatable bonds is 5. The molecule has 0 unspecified atom stereocenters. The first kappa shape index (κ1) is 14.9. The van der Waals surface area contributed by atoms with E-state index < -0.39 is 0 Å². The Morgan fingerprint density at radius 1 is 1.10 bits per heavy atom. The first-order chi connectivity index (χ1) is 9.62. The molecular weight excluding hydrogens is 266 g/mol. The van der Waals surface area contributed by atoms with Gasteiger partial charge in [-0.2, -0.15) is 0 Å². The summed E-state index contributed by atoms with van der Waals surface area (Å²) in [5.41, 5.74) is 2.63. The van der Waals surface area contributed by atoms with Crippen molar-refractivity contribution in [1.29, 1.82) is 0 Å². The lowest BCUT2D eigenvalue weighted by atomic mass is 10.1. The Bertz CT molecular complexity index is 596. The predicted octanol–water partition coefficient (Wildman–Crippen LogP) is 4.24. The Hall–Kier alpha value is -1.55. The fourth-order valence-electron chi connectivity index (χ4n) is 1.89. The van der Waals surface area contributed by atoms with Crippen LogP contribution >= 0.6 is 11.8 Å². The summed E-state index contributed by atoms with van der Waals surface area (Å²) in [6, 6.07) is 8.51. The van der Waals surface area contributed by atoms with Crippen LogP contribution in [0.3, 0.4) is 0 Å². The van der Waals surface area contributed by atoms with E-state index in [0.29, 0.717) is 0 Å². The molecule has 4 heteroatoms. The molecule has 0 bridgehead atoms. The minimum Gasteiger partial charge on any atom is -0.373 e. The van der Waals surface area contributed by atoms with Gasteiger partial charge < -0.3 is 5.32 Å². The van der Waals surface area contributed by atoms with E-state index in [2.05, 4.69) is 54.3 Å². The van der Waals surface area contributed by atoms with Crippen molar-refractivity contribution in [2.75, 3.05) is 12.4 Å². The number of anilines is 1. The molecule has 3 nitrogen and oxygen atoms in total. The SMILES string of the molecule is CCCc1nc(NC)cc(Sc2ccc(C)c(C)c2)n1. The highest BCUT2D eigenvalue weighted by Crippen LogP contribution is 2.29. The summed E-state index contributed by atoms with van der Waals surface area (Å²) < 4.78 is 0. The second-order valence-electron chi connectivity index (χ2n) is 4.86. The topological polar surface area (TPSA) is 37.8 Å². The quantitative estimate of drug-likeness (QED) is 0.835. The molecule has 0 radical (unpaired) electrons. The molecule has 1 heterocycles. The fourth-order valence-corrected chi connectivity index (χ4v) is 2.82. The van der Waals surface area contributed by atoms with Crippen molar-refractivity contribution >= 4 is 17.6 Å². The third-order valence-corrected chi connectivity index (χ3v) is 4.09. The van der Waals surface area contributed by atoms with Gasteiger partial charge in [0, 0.05) is 24.4 Å². The molecule has 0 aliphatic rings. The van der Waals surface area contributed by atoms with Crippen LogP contribution in [0, 0.1) is 13.8 Å². The zero-order valence-corrected chi connectivity index (χ0v) is 13.3. The molecule has 0 atom stereocenters. The fraction of sp³-hybridized carbons (Fsp3) is 0.375. The first-order valence-electron chi connectivity index (χ1n) is 6.93. The van der Waals surface area contributed by atoms with Crippen LogP contribution in [0.1, 0.15) is 30.3 Å². The molecule has 20 heavy (non-hydrogen) atoms. The van der Waals surface area contributed by atoms with Gasteiger partial charge in [-0.3, -0.25) is 0 Å². The van der Waals surface area contributed by atoms with Gasteiger partial charge in [0.1, 0.15) is 16.7 Å². The monoisotopic (exact) mass is 287 g/mol. The Kier molecular flexibility index (Phi) is 5.01. The van der Waals surface area contributed by atoms with Crippen LogP contribution < -0.4 is 5.32 Å². The summed E-state index contributed by atoms with van der Waals surface area (Å²) >= 11 is 1.69. The van der Waals surface area contributed by atoms with Gasteiger partial charge in [0.25, 0.3) is 0 Å². The largest absolute Gasteiger partial charge is 0.373 e. The van der Waals surface area contributed by atoms with E-state index >= 15 is 0 Å². The Labute approximate surface area is 125 Å². The molecule has 0 spiro atoms. The maximum atomic E-state index is 4.63. The van der Waals surface area contributed by atoms with Crippen molar-refractivity contribution in [3.05, 3.63) is 41.2 Å². The average Bonchev–Trinajstić information content (AvgIpc) is 2.43. The number of hydrogen-bond acceptors (Lipinski definition) is 4. The predicted molar refractivity (Wildman–Crippen MR) is 85.6 cm³/mol. The van der Waals surface area contributed by atoms with Crippen molar-refractivity contribution in [3.8, 4) is 0 Å². The van der Waals surface area contributed by atoms with Gasteiger partial charge in [0.2, 0.25) is 0 Å². The normalized spacial score (nSPS) is 10.6. The zero-order valence-electron chi connectivity index (χ0n) is 12.5. The van der Waals surface area contributed by atoms with Crippen molar-refractivity contribution in [1.82, 2.24) is 9.97 Å². The van der Waals surface area contributed by atoms with Crippen LogP contribution in [0.4, 0.5) is 5.82 Å². The zero-order chi connectivity index (χ0) is 14.5. The molecule has 0 saturated heterocycles. The van der Waals surface area contributed by atoms with E-state index in [1.165, 1.54) is 16.0 Å². The molecule has 0 fully saturated rings. The molecule has 2 aromatic rings. The number of benzene rings is 1. The molecule has 1 aromatic heterocycles. The van der Waals surface area contributed by atoms with Crippen LogP contribution in [0.2, 0.25) is 0 Å². The van der Waals surface area contributed by atoms with E-state index in [4.69, 9.17) is 0 Å². The lowest BCUT2D eigenvalue weighted by molar-refractivity contribution is 0.811. The van der Waals surface area contributed by atoms with Gasteiger partial charge in [-0.05, 0) is 43.5 Å². The van der Waals surface area contributed by atoms with Gasteiger partial charge >= 0.3 is 0 Å². The first-order valence-corrected chi connectivity index (χ1v) is 7.75. The summed E-state index contributed by atoms with van der Waals surface area (Å²) in [6.07, 6.45) is 1.97. The van der Waals surface area contributed by atoms with Gasteiger partial charge in [-0.25, -0.2) is 9.97 Å². The molecule has 1 N–H and O–H groups in total. The Morgan fingerprint density at radius 3 is 2.55 bits per heavy atom. The Morgan fingerprint density at radius 2 is 1.90 bits per heavy atom. The molecule has 0 aliphatic heterocycles. The number of aryl methyl sites for hydroxylation is 3. The molecule has 1 aromatic carbocycles. The third-order valence-electron chi connectivity index (χ3n) is 3.18. The highest BCUT2D eigenvalue weighted by molar-refractivity contribution is 7.99. The molecular formula is C16H21N3S. The number of aromatic nitrogens is 2. The highest BCUT2D eigenvalue weighted by Gasteiger charge is 2.06. The summed E-state index contributed by atoms with van der Waals surface area (Å²) in [4.78, 5) is 10.3. The maximum Gasteiger partial charge on any atom is 0.132 e. The van der Waals surface area contributed by atoms with Gasteiger partial charge in [-0.1, -0.05) is 24.8 Å². The average molecular weight is 287 g/mol. The summed E-state index contributed by atoms with van der Waals surface area (Å²) in [5.74, 6) is 1.79. The summed E-state index contributed by atoms with van der Waals surface area (Å²) in [5, 5.41) is 4.10. The second kappa shape index (κ2) is 6.75. The number of nitrogens with zero attached hydrogens (tertiary/aromatic N) is 2. The van der Waals surface area contributed by atoms with Gasteiger partial charge in [0.05, 0.1) is 0 Å².